The topological polar surface area (TPSA) is 23.5 Å². The Morgan fingerprint density at radius 3 is 2.47 bits per heavy atom. The Morgan fingerprint density at radius 1 is 1.11 bits per heavy atom. The third-order valence-corrected chi connectivity index (χ3v) is 3.82. The van der Waals surface area contributed by atoms with Crippen molar-refractivity contribution in [2.45, 2.75) is 52.4 Å². The molecular weight excluding hydrogens is 234 g/mol. The normalized spacial score (nSPS) is 12.8. The molecule has 1 atom stereocenters. The van der Waals surface area contributed by atoms with Crippen molar-refractivity contribution >= 4 is 0 Å². The van der Waals surface area contributed by atoms with E-state index >= 15 is 0 Å². The molecule has 0 bridgehead atoms. The van der Waals surface area contributed by atoms with Crippen LogP contribution in [0.15, 0.2) is 24.3 Å². The SMILES string of the molecule is CCCN(CC)CCCCC(C)c1ccccc1O. The maximum atomic E-state index is 9.83. The van der Waals surface area contributed by atoms with Gasteiger partial charge in [-0.2, -0.15) is 0 Å². The van der Waals surface area contributed by atoms with Crippen LogP contribution in [0, 0.1) is 0 Å². The van der Waals surface area contributed by atoms with Gasteiger partial charge in [-0.25, -0.2) is 0 Å². The van der Waals surface area contributed by atoms with Crippen LogP contribution in [0.4, 0.5) is 0 Å². The van der Waals surface area contributed by atoms with Gasteiger partial charge in [-0.15, -0.1) is 0 Å². The predicted octanol–water partition coefficient (Wildman–Crippen LogP) is 4.40. The van der Waals surface area contributed by atoms with Crippen LogP contribution >= 0.6 is 0 Å². The number of hydrogen-bond acceptors (Lipinski definition) is 2. The molecule has 0 fully saturated rings. The first-order valence-corrected chi connectivity index (χ1v) is 7.69. The number of rotatable bonds is 9. The lowest BCUT2D eigenvalue weighted by Gasteiger charge is -2.20. The van der Waals surface area contributed by atoms with Gasteiger partial charge < -0.3 is 10.0 Å². The monoisotopic (exact) mass is 263 g/mol. The quantitative estimate of drug-likeness (QED) is 0.668. The zero-order valence-electron chi connectivity index (χ0n) is 12.7. The first-order chi connectivity index (χ1) is 9.19. The van der Waals surface area contributed by atoms with E-state index in [-0.39, 0.29) is 0 Å². The van der Waals surface area contributed by atoms with Crippen LogP contribution in [0.3, 0.4) is 0 Å². The summed E-state index contributed by atoms with van der Waals surface area (Å²) in [4.78, 5) is 2.52. The van der Waals surface area contributed by atoms with Gasteiger partial charge in [-0.3, -0.25) is 0 Å². The van der Waals surface area contributed by atoms with Crippen LogP contribution in [0.25, 0.3) is 0 Å². The maximum Gasteiger partial charge on any atom is 0.119 e. The molecule has 1 N–H and O–H groups in total. The van der Waals surface area contributed by atoms with Gasteiger partial charge in [0.2, 0.25) is 0 Å². The summed E-state index contributed by atoms with van der Waals surface area (Å²) >= 11 is 0. The molecule has 0 saturated carbocycles. The molecule has 0 aliphatic carbocycles. The summed E-state index contributed by atoms with van der Waals surface area (Å²) in [5, 5.41) is 9.83. The minimum absolute atomic E-state index is 0.441. The van der Waals surface area contributed by atoms with E-state index in [1.54, 1.807) is 6.07 Å². The van der Waals surface area contributed by atoms with Gasteiger partial charge in [-0.05, 0) is 56.4 Å². The van der Waals surface area contributed by atoms with Crippen molar-refractivity contribution < 1.29 is 5.11 Å². The molecule has 1 aromatic rings. The fourth-order valence-corrected chi connectivity index (χ4v) is 2.59. The second-order valence-electron chi connectivity index (χ2n) is 5.39. The van der Waals surface area contributed by atoms with Crippen LogP contribution in [0.1, 0.15) is 57.9 Å². The number of nitrogens with zero attached hydrogens (tertiary/aromatic N) is 1. The Hall–Kier alpha value is -1.02. The van der Waals surface area contributed by atoms with Gasteiger partial charge in [0.1, 0.15) is 5.75 Å². The Labute approximate surface area is 118 Å². The average Bonchev–Trinajstić information content (AvgIpc) is 2.42. The molecule has 1 rings (SSSR count). The van der Waals surface area contributed by atoms with Crippen LogP contribution in [-0.4, -0.2) is 29.6 Å². The van der Waals surface area contributed by atoms with Crippen molar-refractivity contribution in [2.24, 2.45) is 0 Å². The van der Waals surface area contributed by atoms with Gasteiger partial charge in [0, 0.05) is 0 Å². The summed E-state index contributed by atoms with van der Waals surface area (Å²) in [7, 11) is 0. The van der Waals surface area contributed by atoms with Crippen molar-refractivity contribution in [1.29, 1.82) is 0 Å². The highest BCUT2D eigenvalue weighted by molar-refractivity contribution is 5.34. The van der Waals surface area contributed by atoms with E-state index in [4.69, 9.17) is 0 Å². The molecule has 0 saturated heterocycles. The molecule has 1 unspecified atom stereocenters. The van der Waals surface area contributed by atoms with E-state index in [0.29, 0.717) is 11.7 Å². The summed E-state index contributed by atoms with van der Waals surface area (Å²) in [5.74, 6) is 0.888. The molecule has 2 heteroatoms. The van der Waals surface area contributed by atoms with E-state index in [9.17, 15) is 5.11 Å². The smallest absolute Gasteiger partial charge is 0.119 e. The minimum Gasteiger partial charge on any atom is -0.508 e. The number of para-hydroxylation sites is 1. The maximum absolute atomic E-state index is 9.83. The van der Waals surface area contributed by atoms with Gasteiger partial charge >= 0.3 is 0 Å². The molecular formula is C17H29NO. The lowest BCUT2D eigenvalue weighted by Crippen LogP contribution is -2.25. The number of hydrogen-bond donors (Lipinski definition) is 1. The van der Waals surface area contributed by atoms with E-state index < -0.39 is 0 Å². The lowest BCUT2D eigenvalue weighted by molar-refractivity contribution is 0.280. The molecule has 0 radical (unpaired) electrons. The summed E-state index contributed by atoms with van der Waals surface area (Å²) in [6, 6.07) is 7.71. The molecule has 0 aromatic heterocycles. The Bertz CT molecular complexity index is 351. The van der Waals surface area contributed by atoms with Gasteiger partial charge in [-0.1, -0.05) is 45.4 Å². The van der Waals surface area contributed by atoms with Crippen LogP contribution in [-0.2, 0) is 0 Å². The Kier molecular flexibility index (Phi) is 7.57. The van der Waals surface area contributed by atoms with Crippen molar-refractivity contribution in [2.75, 3.05) is 19.6 Å². The zero-order chi connectivity index (χ0) is 14.1. The molecule has 1 aromatic carbocycles. The number of phenols is 1. The molecule has 108 valence electrons. The third-order valence-electron chi connectivity index (χ3n) is 3.82. The largest absolute Gasteiger partial charge is 0.508 e. The number of phenolic OH excluding ortho intramolecular Hbond substituents is 1. The highest BCUT2D eigenvalue weighted by atomic mass is 16.3. The molecule has 0 heterocycles. The number of aromatic hydroxyl groups is 1. The van der Waals surface area contributed by atoms with Crippen molar-refractivity contribution in [3.63, 3.8) is 0 Å². The van der Waals surface area contributed by atoms with Gasteiger partial charge in [0.25, 0.3) is 0 Å². The zero-order valence-corrected chi connectivity index (χ0v) is 12.7. The van der Waals surface area contributed by atoms with E-state index in [1.807, 2.05) is 18.2 Å². The highest BCUT2D eigenvalue weighted by Gasteiger charge is 2.09. The fourth-order valence-electron chi connectivity index (χ4n) is 2.59. The van der Waals surface area contributed by atoms with Crippen molar-refractivity contribution in [3.8, 4) is 5.75 Å². The molecule has 0 aliphatic rings. The summed E-state index contributed by atoms with van der Waals surface area (Å²) < 4.78 is 0. The van der Waals surface area contributed by atoms with Crippen LogP contribution < -0.4 is 0 Å². The fraction of sp³-hybridized carbons (Fsp3) is 0.647. The predicted molar refractivity (Wildman–Crippen MR) is 82.8 cm³/mol. The lowest BCUT2D eigenvalue weighted by atomic mass is 9.94. The van der Waals surface area contributed by atoms with Crippen LogP contribution in [0.5, 0.6) is 5.75 Å². The average molecular weight is 263 g/mol. The summed E-state index contributed by atoms with van der Waals surface area (Å²) in [5.41, 5.74) is 1.09. The highest BCUT2D eigenvalue weighted by Crippen LogP contribution is 2.28. The second-order valence-corrected chi connectivity index (χ2v) is 5.39. The third kappa shape index (κ3) is 5.65. The van der Waals surface area contributed by atoms with E-state index in [1.165, 1.54) is 32.4 Å². The Morgan fingerprint density at radius 2 is 1.84 bits per heavy atom. The van der Waals surface area contributed by atoms with Crippen LogP contribution in [0.2, 0.25) is 0 Å². The van der Waals surface area contributed by atoms with Crippen molar-refractivity contribution in [3.05, 3.63) is 29.8 Å². The van der Waals surface area contributed by atoms with E-state index in [2.05, 4.69) is 25.7 Å². The van der Waals surface area contributed by atoms with Gasteiger partial charge in [0.05, 0.1) is 0 Å². The summed E-state index contributed by atoms with van der Waals surface area (Å²) in [6.07, 6.45) is 4.88. The Balaban J connectivity index is 2.27. The van der Waals surface area contributed by atoms with Gasteiger partial charge in [0.15, 0.2) is 0 Å². The number of benzene rings is 1. The molecule has 0 amide bonds. The minimum atomic E-state index is 0.441. The second kappa shape index (κ2) is 8.98. The standard InChI is InChI=1S/C17H29NO/c1-4-13-18(5-2)14-9-8-10-15(3)16-11-6-7-12-17(16)19/h6-7,11-12,15,19H,4-5,8-10,13-14H2,1-3H3. The van der Waals surface area contributed by atoms with E-state index in [0.717, 1.165) is 18.5 Å². The first kappa shape index (κ1) is 16.0. The number of unbranched alkanes of at least 4 members (excludes halogenated alkanes) is 1. The molecule has 0 spiro atoms. The summed E-state index contributed by atoms with van der Waals surface area (Å²) in [6.45, 7) is 10.3. The molecule has 2 nitrogen and oxygen atoms in total. The molecule has 0 aliphatic heterocycles. The van der Waals surface area contributed by atoms with Crippen molar-refractivity contribution in [1.82, 2.24) is 4.90 Å². The first-order valence-electron chi connectivity index (χ1n) is 7.69. The molecule has 19 heavy (non-hydrogen) atoms.